The van der Waals surface area contributed by atoms with Gasteiger partial charge in [0.15, 0.2) is 0 Å². The van der Waals surface area contributed by atoms with Crippen LogP contribution in [-0.4, -0.2) is 31.9 Å². The van der Waals surface area contributed by atoms with Crippen molar-refractivity contribution < 1.29 is 19.1 Å². The smallest absolute Gasteiger partial charge is 0.337 e. The first-order valence-electron chi connectivity index (χ1n) is 10.3. The van der Waals surface area contributed by atoms with Crippen molar-refractivity contribution in [3.8, 4) is 0 Å². The van der Waals surface area contributed by atoms with Crippen molar-refractivity contribution in [3.63, 3.8) is 0 Å². The first-order valence-corrected chi connectivity index (χ1v) is 10.3. The lowest BCUT2D eigenvalue weighted by atomic mass is 9.99. The number of nitrogens with one attached hydrogen (secondary N) is 2. The molecule has 0 saturated carbocycles. The summed E-state index contributed by atoms with van der Waals surface area (Å²) in [5.41, 5.74) is 5.05. The lowest BCUT2D eigenvalue weighted by Crippen LogP contribution is -2.22. The molecule has 0 saturated heterocycles. The first kappa shape index (κ1) is 21.8. The quantitative estimate of drug-likeness (QED) is 0.453. The summed E-state index contributed by atoms with van der Waals surface area (Å²) < 4.78 is 4.79. The Kier molecular flexibility index (Phi) is 5.95. The van der Waals surface area contributed by atoms with Crippen molar-refractivity contribution >= 4 is 46.1 Å². The lowest BCUT2D eigenvalue weighted by molar-refractivity contribution is -0.116. The predicted molar refractivity (Wildman–Crippen MR) is 129 cm³/mol. The molecule has 33 heavy (non-hydrogen) atoms. The van der Waals surface area contributed by atoms with Gasteiger partial charge in [0.1, 0.15) is 0 Å². The molecule has 3 aromatic carbocycles. The Hall–Kier alpha value is -4.39. The van der Waals surface area contributed by atoms with Crippen molar-refractivity contribution in [2.45, 2.75) is 6.92 Å². The molecule has 1 aliphatic rings. The van der Waals surface area contributed by atoms with Gasteiger partial charge < -0.3 is 20.3 Å². The molecule has 0 bridgehead atoms. The highest BCUT2D eigenvalue weighted by molar-refractivity contribution is 6.37. The number of carbonyl (C=O) groups is 3. The van der Waals surface area contributed by atoms with Gasteiger partial charge in [0.2, 0.25) is 5.91 Å². The summed E-state index contributed by atoms with van der Waals surface area (Å²) in [5, 5.41) is 6.23. The number of anilines is 3. The summed E-state index contributed by atoms with van der Waals surface area (Å²) in [6.45, 7) is 1.51. The average Bonchev–Trinajstić information content (AvgIpc) is 3.17. The van der Waals surface area contributed by atoms with E-state index in [-0.39, 0.29) is 11.8 Å². The van der Waals surface area contributed by atoms with Gasteiger partial charge in [-0.2, -0.15) is 0 Å². The fraction of sp³-hybridized carbons (Fsp3) is 0.115. The molecule has 7 nitrogen and oxygen atoms in total. The van der Waals surface area contributed by atoms with Gasteiger partial charge in [-0.05, 0) is 42.0 Å². The Morgan fingerprint density at radius 1 is 0.939 bits per heavy atom. The Balaban J connectivity index is 1.79. The van der Waals surface area contributed by atoms with Gasteiger partial charge in [0.05, 0.1) is 29.6 Å². The van der Waals surface area contributed by atoms with Gasteiger partial charge in [0.25, 0.3) is 5.91 Å². The maximum atomic E-state index is 13.0. The number of hydrogen-bond donors (Lipinski definition) is 2. The average molecular weight is 441 g/mol. The number of benzene rings is 3. The van der Waals surface area contributed by atoms with Crippen molar-refractivity contribution in [1.82, 2.24) is 0 Å². The molecule has 0 fully saturated rings. The molecule has 1 aliphatic heterocycles. The van der Waals surface area contributed by atoms with Crippen LogP contribution >= 0.6 is 0 Å². The largest absolute Gasteiger partial charge is 0.465 e. The van der Waals surface area contributed by atoms with Crippen LogP contribution in [0.5, 0.6) is 0 Å². The molecule has 0 aromatic heterocycles. The maximum Gasteiger partial charge on any atom is 0.337 e. The number of carbonyl (C=O) groups excluding carboxylic acids is 3. The third-order valence-corrected chi connectivity index (χ3v) is 5.49. The van der Waals surface area contributed by atoms with E-state index in [1.807, 2.05) is 54.6 Å². The number of amides is 2. The van der Waals surface area contributed by atoms with Gasteiger partial charge in [-0.3, -0.25) is 9.59 Å². The predicted octanol–water partition coefficient (Wildman–Crippen LogP) is 4.39. The third-order valence-electron chi connectivity index (χ3n) is 5.49. The first-order chi connectivity index (χ1) is 15.9. The van der Waals surface area contributed by atoms with Crippen LogP contribution in [0, 0.1) is 0 Å². The summed E-state index contributed by atoms with van der Waals surface area (Å²) in [6.07, 6.45) is 0. The van der Waals surface area contributed by atoms with E-state index < -0.39 is 5.97 Å². The zero-order valence-electron chi connectivity index (χ0n) is 18.5. The highest BCUT2D eigenvalue weighted by atomic mass is 16.5. The Bertz CT molecular complexity index is 1260. The van der Waals surface area contributed by atoms with E-state index in [4.69, 9.17) is 4.74 Å². The molecule has 0 unspecified atom stereocenters. The fourth-order valence-electron chi connectivity index (χ4n) is 3.64. The molecule has 0 atom stereocenters. The van der Waals surface area contributed by atoms with Crippen LogP contribution in [0.3, 0.4) is 0 Å². The summed E-state index contributed by atoms with van der Waals surface area (Å²) in [4.78, 5) is 38.1. The topological polar surface area (TPSA) is 87.7 Å². The third kappa shape index (κ3) is 4.34. The monoisotopic (exact) mass is 441 g/mol. The molecule has 0 spiro atoms. The number of nitrogens with zero attached hydrogens (tertiary/aromatic N) is 1. The fourth-order valence-corrected chi connectivity index (χ4v) is 3.64. The molecule has 2 amide bonds. The van der Waals surface area contributed by atoms with Crippen molar-refractivity contribution in [1.29, 1.82) is 0 Å². The summed E-state index contributed by atoms with van der Waals surface area (Å²) >= 11 is 0. The number of methoxy groups -OCH3 is 1. The van der Waals surface area contributed by atoms with Gasteiger partial charge >= 0.3 is 5.97 Å². The highest BCUT2D eigenvalue weighted by Gasteiger charge is 2.29. The van der Waals surface area contributed by atoms with E-state index in [0.29, 0.717) is 28.1 Å². The van der Waals surface area contributed by atoms with Crippen molar-refractivity contribution in [3.05, 3.63) is 89.5 Å². The maximum absolute atomic E-state index is 13.0. The second-order valence-electron chi connectivity index (χ2n) is 7.57. The summed E-state index contributed by atoms with van der Waals surface area (Å²) in [5.74, 6) is -0.804. The van der Waals surface area contributed by atoms with Crippen LogP contribution in [0.4, 0.5) is 17.1 Å². The Morgan fingerprint density at radius 2 is 1.64 bits per heavy atom. The van der Waals surface area contributed by atoms with Gasteiger partial charge in [-0.15, -0.1) is 0 Å². The molecule has 166 valence electrons. The minimum atomic E-state index is -0.471. The Morgan fingerprint density at radius 3 is 2.27 bits per heavy atom. The van der Waals surface area contributed by atoms with Gasteiger partial charge in [-0.25, -0.2) is 4.79 Å². The van der Waals surface area contributed by atoms with E-state index in [1.165, 1.54) is 14.0 Å². The van der Waals surface area contributed by atoms with Crippen molar-refractivity contribution in [2.24, 2.45) is 0 Å². The number of hydrogen-bond acceptors (Lipinski definition) is 5. The van der Waals surface area contributed by atoms with Gasteiger partial charge in [0, 0.05) is 30.9 Å². The normalized spacial score (nSPS) is 13.6. The van der Waals surface area contributed by atoms with E-state index in [2.05, 4.69) is 10.6 Å². The number of ether oxygens (including phenoxy) is 1. The lowest BCUT2D eigenvalue weighted by Gasteiger charge is -2.17. The molecular weight excluding hydrogens is 418 g/mol. The van der Waals surface area contributed by atoms with E-state index in [9.17, 15) is 14.4 Å². The Labute approximate surface area is 191 Å². The zero-order chi connectivity index (χ0) is 23.5. The van der Waals surface area contributed by atoms with Crippen LogP contribution in [0.2, 0.25) is 0 Å². The number of esters is 1. The molecule has 0 radical (unpaired) electrons. The molecule has 7 heteroatoms. The molecule has 3 aromatic rings. The zero-order valence-corrected chi connectivity index (χ0v) is 18.5. The van der Waals surface area contributed by atoms with Crippen LogP contribution in [0.15, 0.2) is 72.8 Å². The van der Waals surface area contributed by atoms with E-state index >= 15 is 0 Å². The molecule has 4 rings (SSSR count). The van der Waals surface area contributed by atoms with E-state index in [1.54, 1.807) is 30.1 Å². The number of fused-ring (bicyclic) bond motifs is 1. The summed E-state index contributed by atoms with van der Waals surface area (Å²) in [7, 11) is 3.03. The highest BCUT2D eigenvalue weighted by Crippen LogP contribution is 2.38. The van der Waals surface area contributed by atoms with Gasteiger partial charge in [-0.1, -0.05) is 36.4 Å². The number of rotatable bonds is 5. The standard InChI is InChI=1S/C26H23N3O4/c1-16(30)29(2)20-12-10-19(11-13-20)27-24(17-7-5-4-6-8-17)23-21-14-9-18(26(32)33-3)15-22(21)28-25(23)31/h4-15,27H,1-3H3,(H,28,31)/b24-23+. The molecule has 0 aliphatic carbocycles. The molecule has 1 heterocycles. The van der Waals surface area contributed by atoms with Crippen molar-refractivity contribution in [2.75, 3.05) is 29.7 Å². The van der Waals surface area contributed by atoms with E-state index in [0.717, 1.165) is 16.9 Å². The molecular formula is C26H23N3O4. The SMILES string of the molecule is COC(=O)c1ccc2c(c1)NC(=O)/C2=C(/Nc1ccc(N(C)C(C)=O)cc1)c1ccccc1. The van der Waals surface area contributed by atoms with Crippen LogP contribution in [-0.2, 0) is 14.3 Å². The van der Waals surface area contributed by atoms with Crippen LogP contribution in [0.1, 0.15) is 28.4 Å². The second-order valence-corrected chi connectivity index (χ2v) is 7.57. The second kappa shape index (κ2) is 9.00. The minimum Gasteiger partial charge on any atom is -0.465 e. The van der Waals surface area contributed by atoms with Crippen LogP contribution < -0.4 is 15.5 Å². The minimum absolute atomic E-state index is 0.0617. The molecule has 2 N–H and O–H groups in total. The van der Waals surface area contributed by atoms with Crippen LogP contribution in [0.25, 0.3) is 11.3 Å². The summed E-state index contributed by atoms with van der Waals surface area (Å²) in [6, 6.07) is 21.9.